The monoisotopic (exact) mass is 110 g/mol. The Bertz CT molecular complexity index is 173. The molecule has 1 aliphatic rings. The maximum atomic E-state index is 3.90. The van der Waals surface area contributed by atoms with Gasteiger partial charge in [0.25, 0.3) is 0 Å². The van der Waals surface area contributed by atoms with E-state index in [1.54, 1.807) is 0 Å². The first-order valence-corrected chi connectivity index (χ1v) is 2.56. The highest BCUT2D eigenvalue weighted by molar-refractivity contribution is 5.11. The Morgan fingerprint density at radius 2 is 1.75 bits per heavy atom. The van der Waals surface area contributed by atoms with E-state index in [-0.39, 0.29) is 0 Å². The van der Waals surface area contributed by atoms with E-state index in [1.807, 2.05) is 0 Å². The fraction of sp³-hybridized carbons (Fsp3) is 0.500. The molecule has 1 aromatic heterocycles. The molecular weight excluding hydrogens is 104 g/mol. The normalized spacial score (nSPS) is 16.5. The molecule has 4 nitrogen and oxygen atoms in total. The summed E-state index contributed by atoms with van der Waals surface area (Å²) in [5.41, 5.74) is 2.12. The van der Waals surface area contributed by atoms with E-state index in [9.17, 15) is 0 Å². The zero-order chi connectivity index (χ0) is 5.40. The van der Waals surface area contributed by atoms with Gasteiger partial charge in [-0.1, -0.05) is 0 Å². The molecule has 0 fully saturated rings. The second kappa shape index (κ2) is 1.29. The second-order valence-corrected chi connectivity index (χ2v) is 1.82. The molecule has 42 valence electrons. The number of hydrogen-bond donors (Lipinski definition) is 2. The highest BCUT2D eigenvalue weighted by Crippen LogP contribution is 2.05. The van der Waals surface area contributed by atoms with Gasteiger partial charge in [-0.3, -0.25) is 0 Å². The first kappa shape index (κ1) is 4.03. The lowest BCUT2D eigenvalue weighted by atomic mass is 10.4. The van der Waals surface area contributed by atoms with Gasteiger partial charge in [-0.2, -0.15) is 15.4 Å². The highest BCUT2D eigenvalue weighted by Gasteiger charge is 2.12. The molecule has 1 aromatic rings. The number of nitrogens with one attached hydrogen (secondary N) is 2. The summed E-state index contributed by atoms with van der Waals surface area (Å²) in [6.45, 7) is 1.73. The SMILES string of the molecule is C1NCc2n[nH]nc21. The number of aromatic nitrogens is 3. The molecule has 2 heterocycles. The Balaban J connectivity index is 2.54. The van der Waals surface area contributed by atoms with Gasteiger partial charge in [0.15, 0.2) is 0 Å². The number of hydrogen-bond acceptors (Lipinski definition) is 3. The van der Waals surface area contributed by atoms with Gasteiger partial charge in [0.05, 0.1) is 0 Å². The van der Waals surface area contributed by atoms with Crippen LogP contribution in [-0.2, 0) is 13.1 Å². The van der Waals surface area contributed by atoms with E-state index in [2.05, 4.69) is 20.7 Å². The average molecular weight is 110 g/mol. The fourth-order valence-corrected chi connectivity index (χ4v) is 0.857. The largest absolute Gasteiger partial charge is 0.305 e. The molecule has 0 amide bonds. The number of aromatic amines is 1. The molecule has 8 heavy (non-hydrogen) atoms. The minimum atomic E-state index is 0.867. The molecular formula is C4H6N4. The standard InChI is InChI=1S/C4H6N4/c1-3-4(2-5-1)7-8-6-3/h5H,1-2H2,(H,6,7,8). The van der Waals surface area contributed by atoms with Gasteiger partial charge in [0.2, 0.25) is 0 Å². The van der Waals surface area contributed by atoms with E-state index in [0.717, 1.165) is 24.5 Å². The maximum Gasteiger partial charge on any atom is 0.101 e. The lowest BCUT2D eigenvalue weighted by molar-refractivity contribution is 0.715. The van der Waals surface area contributed by atoms with Crippen molar-refractivity contribution in [2.24, 2.45) is 0 Å². The summed E-state index contributed by atoms with van der Waals surface area (Å²) in [5.74, 6) is 0. The topological polar surface area (TPSA) is 53.6 Å². The summed E-state index contributed by atoms with van der Waals surface area (Å²) in [6.07, 6.45) is 0. The van der Waals surface area contributed by atoms with Crippen LogP contribution in [0.4, 0.5) is 0 Å². The first-order chi connectivity index (χ1) is 3.97. The van der Waals surface area contributed by atoms with Gasteiger partial charge in [-0.05, 0) is 0 Å². The predicted molar refractivity (Wildman–Crippen MR) is 26.9 cm³/mol. The summed E-state index contributed by atoms with van der Waals surface area (Å²) in [5, 5.41) is 13.5. The van der Waals surface area contributed by atoms with Crippen molar-refractivity contribution in [1.29, 1.82) is 0 Å². The molecule has 0 saturated heterocycles. The summed E-state index contributed by atoms with van der Waals surface area (Å²) in [4.78, 5) is 0. The van der Waals surface area contributed by atoms with Crippen LogP contribution in [0.15, 0.2) is 0 Å². The quantitative estimate of drug-likeness (QED) is 0.469. The van der Waals surface area contributed by atoms with E-state index >= 15 is 0 Å². The third-order valence-corrected chi connectivity index (χ3v) is 1.29. The van der Waals surface area contributed by atoms with Crippen molar-refractivity contribution in [2.75, 3.05) is 0 Å². The van der Waals surface area contributed by atoms with Crippen LogP contribution < -0.4 is 5.32 Å². The van der Waals surface area contributed by atoms with Gasteiger partial charge < -0.3 is 5.32 Å². The Morgan fingerprint density at radius 1 is 1.12 bits per heavy atom. The van der Waals surface area contributed by atoms with E-state index in [1.165, 1.54) is 0 Å². The van der Waals surface area contributed by atoms with Crippen LogP contribution in [0.25, 0.3) is 0 Å². The number of fused-ring (bicyclic) bond motifs is 1. The zero-order valence-electron chi connectivity index (χ0n) is 4.31. The molecule has 0 unspecified atom stereocenters. The van der Waals surface area contributed by atoms with E-state index in [0.29, 0.717) is 0 Å². The summed E-state index contributed by atoms with van der Waals surface area (Å²) < 4.78 is 0. The van der Waals surface area contributed by atoms with Gasteiger partial charge in [0.1, 0.15) is 11.4 Å². The van der Waals surface area contributed by atoms with Crippen molar-refractivity contribution < 1.29 is 0 Å². The second-order valence-electron chi connectivity index (χ2n) is 1.82. The molecule has 0 saturated carbocycles. The average Bonchev–Trinajstić information content (AvgIpc) is 2.15. The third-order valence-electron chi connectivity index (χ3n) is 1.29. The Kier molecular flexibility index (Phi) is 0.648. The van der Waals surface area contributed by atoms with Crippen molar-refractivity contribution >= 4 is 0 Å². The van der Waals surface area contributed by atoms with E-state index < -0.39 is 0 Å². The van der Waals surface area contributed by atoms with Crippen molar-refractivity contribution in [2.45, 2.75) is 13.1 Å². The molecule has 2 N–H and O–H groups in total. The van der Waals surface area contributed by atoms with Crippen molar-refractivity contribution in [1.82, 2.24) is 20.7 Å². The number of nitrogens with zero attached hydrogens (tertiary/aromatic N) is 2. The van der Waals surface area contributed by atoms with Gasteiger partial charge >= 0.3 is 0 Å². The smallest absolute Gasteiger partial charge is 0.101 e. The molecule has 0 atom stereocenters. The van der Waals surface area contributed by atoms with E-state index in [4.69, 9.17) is 0 Å². The van der Waals surface area contributed by atoms with Crippen molar-refractivity contribution in [3.63, 3.8) is 0 Å². The molecule has 0 aliphatic carbocycles. The van der Waals surface area contributed by atoms with Crippen LogP contribution in [0.1, 0.15) is 11.4 Å². The maximum absolute atomic E-state index is 3.90. The van der Waals surface area contributed by atoms with Crippen LogP contribution in [-0.4, -0.2) is 15.4 Å². The molecule has 0 bridgehead atoms. The molecule has 0 aromatic carbocycles. The minimum Gasteiger partial charge on any atom is -0.305 e. The Hall–Kier alpha value is -0.900. The zero-order valence-corrected chi connectivity index (χ0v) is 4.31. The number of H-pyrrole nitrogens is 1. The fourth-order valence-electron chi connectivity index (χ4n) is 0.857. The summed E-state index contributed by atoms with van der Waals surface area (Å²) in [6, 6.07) is 0. The van der Waals surface area contributed by atoms with Crippen molar-refractivity contribution in [3.8, 4) is 0 Å². The number of rotatable bonds is 0. The van der Waals surface area contributed by atoms with Crippen LogP contribution in [0.5, 0.6) is 0 Å². The van der Waals surface area contributed by atoms with Crippen LogP contribution in [0, 0.1) is 0 Å². The minimum absolute atomic E-state index is 0.867. The lowest BCUT2D eigenvalue weighted by Crippen LogP contribution is -2.02. The van der Waals surface area contributed by atoms with Gasteiger partial charge in [-0.15, -0.1) is 0 Å². The van der Waals surface area contributed by atoms with Crippen LogP contribution in [0.3, 0.4) is 0 Å². The molecule has 1 aliphatic heterocycles. The molecule has 0 spiro atoms. The molecule has 0 radical (unpaired) electrons. The summed E-state index contributed by atoms with van der Waals surface area (Å²) in [7, 11) is 0. The molecule has 2 rings (SSSR count). The van der Waals surface area contributed by atoms with Gasteiger partial charge in [0, 0.05) is 13.1 Å². The molecule has 4 heteroatoms. The van der Waals surface area contributed by atoms with Crippen LogP contribution in [0.2, 0.25) is 0 Å². The van der Waals surface area contributed by atoms with Crippen molar-refractivity contribution in [3.05, 3.63) is 11.4 Å². The lowest BCUT2D eigenvalue weighted by Gasteiger charge is -1.81. The third kappa shape index (κ3) is 0.376. The Morgan fingerprint density at radius 3 is 2.38 bits per heavy atom. The van der Waals surface area contributed by atoms with Gasteiger partial charge in [-0.25, -0.2) is 0 Å². The highest BCUT2D eigenvalue weighted by atomic mass is 15.3. The summed E-state index contributed by atoms with van der Waals surface area (Å²) >= 11 is 0. The first-order valence-electron chi connectivity index (χ1n) is 2.56. The predicted octanol–water partition coefficient (Wildman–Crippen LogP) is -0.592. The van der Waals surface area contributed by atoms with Crippen LogP contribution >= 0.6 is 0 Å². The Labute approximate surface area is 46.3 Å².